The number of carbonyl (C=O) groups is 1. The second kappa shape index (κ2) is 3.14. The molecule has 2 aromatic rings. The molecule has 3 nitrogen and oxygen atoms in total. The van der Waals surface area contributed by atoms with Gasteiger partial charge in [0.2, 0.25) is 5.91 Å². The third-order valence-electron chi connectivity index (χ3n) is 2.01. The summed E-state index contributed by atoms with van der Waals surface area (Å²) in [5.41, 5.74) is 6.05. The fourth-order valence-electron chi connectivity index (χ4n) is 1.41. The summed E-state index contributed by atoms with van der Waals surface area (Å²) in [5.74, 6) is -0.823. The molecular formula is C10H8FNO2. The van der Waals surface area contributed by atoms with Gasteiger partial charge in [-0.15, -0.1) is 0 Å². The fraction of sp³-hybridized carbons (Fsp3) is 0.100. The maximum Gasteiger partial charge on any atom is 0.221 e. The van der Waals surface area contributed by atoms with Crippen molar-refractivity contribution >= 4 is 16.9 Å². The lowest BCUT2D eigenvalue weighted by Crippen LogP contribution is -2.13. The second-order valence-electron chi connectivity index (χ2n) is 3.01. The van der Waals surface area contributed by atoms with E-state index in [1.54, 1.807) is 0 Å². The van der Waals surface area contributed by atoms with Crippen LogP contribution >= 0.6 is 0 Å². The standard InChI is InChI=1S/C10H8FNO2/c11-8-2-1-6(5-9(12)13)10-7(8)3-4-14-10/h1-4H,5H2,(H2,12,13). The Balaban J connectivity index is 2.60. The second-order valence-corrected chi connectivity index (χ2v) is 3.01. The summed E-state index contributed by atoms with van der Waals surface area (Å²) in [6.07, 6.45) is 1.45. The number of amides is 1. The summed E-state index contributed by atoms with van der Waals surface area (Å²) < 4.78 is 18.2. The summed E-state index contributed by atoms with van der Waals surface area (Å²) in [5, 5.41) is 0.378. The van der Waals surface area contributed by atoms with Crippen molar-refractivity contribution in [2.24, 2.45) is 5.73 Å². The maximum absolute atomic E-state index is 13.2. The molecule has 0 unspecified atom stereocenters. The first-order chi connectivity index (χ1) is 6.68. The Morgan fingerprint density at radius 2 is 2.21 bits per heavy atom. The van der Waals surface area contributed by atoms with Gasteiger partial charge in [-0.25, -0.2) is 4.39 Å². The first kappa shape index (κ1) is 8.74. The van der Waals surface area contributed by atoms with Gasteiger partial charge in [-0.05, 0) is 12.1 Å². The van der Waals surface area contributed by atoms with Crippen LogP contribution in [-0.2, 0) is 11.2 Å². The summed E-state index contributed by atoms with van der Waals surface area (Å²) in [6, 6.07) is 4.33. The number of furan rings is 1. The van der Waals surface area contributed by atoms with Gasteiger partial charge in [-0.3, -0.25) is 4.79 Å². The predicted molar refractivity (Wildman–Crippen MR) is 49.1 cm³/mol. The van der Waals surface area contributed by atoms with Crippen LogP contribution in [-0.4, -0.2) is 5.91 Å². The van der Waals surface area contributed by atoms with Gasteiger partial charge >= 0.3 is 0 Å². The maximum atomic E-state index is 13.2. The minimum atomic E-state index is -0.464. The Hall–Kier alpha value is -1.84. The first-order valence-electron chi connectivity index (χ1n) is 4.11. The lowest BCUT2D eigenvalue weighted by Gasteiger charge is -1.99. The Bertz CT molecular complexity index is 490. The number of rotatable bonds is 2. The zero-order valence-electron chi connectivity index (χ0n) is 7.29. The van der Waals surface area contributed by atoms with Gasteiger partial charge in [0.1, 0.15) is 11.4 Å². The Labute approximate surface area is 79.3 Å². The fourth-order valence-corrected chi connectivity index (χ4v) is 1.41. The number of primary amides is 1. The van der Waals surface area contributed by atoms with Crippen LogP contribution in [0.5, 0.6) is 0 Å². The molecule has 1 heterocycles. The van der Waals surface area contributed by atoms with Crippen LogP contribution in [0, 0.1) is 5.82 Å². The lowest BCUT2D eigenvalue weighted by molar-refractivity contribution is -0.117. The molecule has 0 radical (unpaired) electrons. The number of hydrogen-bond donors (Lipinski definition) is 1. The molecule has 0 spiro atoms. The van der Waals surface area contributed by atoms with E-state index in [0.717, 1.165) is 0 Å². The number of carbonyl (C=O) groups excluding carboxylic acids is 1. The topological polar surface area (TPSA) is 56.2 Å². The van der Waals surface area contributed by atoms with E-state index in [2.05, 4.69) is 0 Å². The molecule has 0 bridgehead atoms. The van der Waals surface area contributed by atoms with Gasteiger partial charge in [0.15, 0.2) is 0 Å². The lowest BCUT2D eigenvalue weighted by atomic mass is 10.1. The highest BCUT2D eigenvalue weighted by molar-refractivity contribution is 5.86. The summed E-state index contributed by atoms with van der Waals surface area (Å²) in [4.78, 5) is 10.7. The SMILES string of the molecule is NC(=O)Cc1ccc(F)c2ccoc12. The molecule has 1 aromatic carbocycles. The average molecular weight is 193 g/mol. The molecule has 1 aromatic heterocycles. The molecule has 0 fully saturated rings. The summed E-state index contributed by atoms with van der Waals surface area (Å²) in [7, 11) is 0. The van der Waals surface area contributed by atoms with E-state index >= 15 is 0 Å². The largest absolute Gasteiger partial charge is 0.464 e. The van der Waals surface area contributed by atoms with Crippen molar-refractivity contribution in [1.82, 2.24) is 0 Å². The summed E-state index contributed by atoms with van der Waals surface area (Å²) in [6.45, 7) is 0. The number of halogens is 1. The number of benzene rings is 1. The van der Waals surface area contributed by atoms with Gasteiger partial charge in [0, 0.05) is 5.56 Å². The molecule has 0 aliphatic heterocycles. The Morgan fingerprint density at radius 1 is 1.43 bits per heavy atom. The van der Waals surface area contributed by atoms with Gasteiger partial charge in [0.05, 0.1) is 18.1 Å². The van der Waals surface area contributed by atoms with Crippen LogP contribution in [0.4, 0.5) is 4.39 Å². The predicted octanol–water partition coefficient (Wildman–Crippen LogP) is 1.60. The van der Waals surface area contributed by atoms with Crippen LogP contribution in [0.3, 0.4) is 0 Å². The number of hydrogen-bond acceptors (Lipinski definition) is 2. The minimum Gasteiger partial charge on any atom is -0.464 e. The van der Waals surface area contributed by atoms with E-state index in [1.165, 1.54) is 24.5 Å². The van der Waals surface area contributed by atoms with Crippen LogP contribution in [0.15, 0.2) is 28.9 Å². The van der Waals surface area contributed by atoms with E-state index in [9.17, 15) is 9.18 Å². The van der Waals surface area contributed by atoms with E-state index in [4.69, 9.17) is 10.2 Å². The van der Waals surface area contributed by atoms with Crippen LogP contribution in [0.1, 0.15) is 5.56 Å². The smallest absolute Gasteiger partial charge is 0.221 e. The van der Waals surface area contributed by atoms with Gasteiger partial charge in [-0.2, -0.15) is 0 Å². The van der Waals surface area contributed by atoms with E-state index in [1.807, 2.05) is 0 Å². The highest BCUT2D eigenvalue weighted by atomic mass is 19.1. The molecule has 0 aliphatic carbocycles. The monoisotopic (exact) mass is 193 g/mol. The normalized spacial score (nSPS) is 10.6. The third-order valence-corrected chi connectivity index (χ3v) is 2.01. The highest BCUT2D eigenvalue weighted by Gasteiger charge is 2.10. The van der Waals surface area contributed by atoms with Gasteiger partial charge in [0.25, 0.3) is 0 Å². The van der Waals surface area contributed by atoms with E-state index in [0.29, 0.717) is 16.5 Å². The third kappa shape index (κ3) is 1.35. The molecular weight excluding hydrogens is 185 g/mol. The minimum absolute atomic E-state index is 0.0598. The quantitative estimate of drug-likeness (QED) is 0.787. The van der Waals surface area contributed by atoms with E-state index < -0.39 is 5.91 Å². The number of nitrogens with two attached hydrogens (primary N) is 1. The molecule has 0 aliphatic rings. The van der Waals surface area contributed by atoms with Crippen molar-refractivity contribution in [2.45, 2.75) is 6.42 Å². The van der Waals surface area contributed by atoms with Crippen LogP contribution < -0.4 is 5.73 Å². The van der Waals surface area contributed by atoms with Crippen molar-refractivity contribution in [1.29, 1.82) is 0 Å². The average Bonchev–Trinajstić information content (AvgIpc) is 2.58. The molecule has 1 amide bonds. The molecule has 4 heteroatoms. The molecule has 14 heavy (non-hydrogen) atoms. The molecule has 72 valence electrons. The zero-order chi connectivity index (χ0) is 10.1. The van der Waals surface area contributed by atoms with Crippen molar-refractivity contribution in [3.8, 4) is 0 Å². The van der Waals surface area contributed by atoms with Crippen LogP contribution in [0.25, 0.3) is 11.0 Å². The zero-order valence-corrected chi connectivity index (χ0v) is 7.29. The van der Waals surface area contributed by atoms with Crippen molar-refractivity contribution in [2.75, 3.05) is 0 Å². The van der Waals surface area contributed by atoms with Crippen molar-refractivity contribution < 1.29 is 13.6 Å². The molecule has 2 rings (SSSR count). The van der Waals surface area contributed by atoms with Crippen LogP contribution in [0.2, 0.25) is 0 Å². The highest BCUT2D eigenvalue weighted by Crippen LogP contribution is 2.23. The number of fused-ring (bicyclic) bond motifs is 1. The Morgan fingerprint density at radius 3 is 2.93 bits per heavy atom. The van der Waals surface area contributed by atoms with E-state index in [-0.39, 0.29) is 12.2 Å². The van der Waals surface area contributed by atoms with Crippen molar-refractivity contribution in [3.05, 3.63) is 35.8 Å². The first-order valence-corrected chi connectivity index (χ1v) is 4.11. The molecule has 2 N–H and O–H groups in total. The molecule has 0 saturated heterocycles. The Kier molecular flexibility index (Phi) is 1.96. The van der Waals surface area contributed by atoms with Crippen molar-refractivity contribution in [3.63, 3.8) is 0 Å². The molecule has 0 saturated carbocycles. The molecule has 0 atom stereocenters. The van der Waals surface area contributed by atoms with Gasteiger partial charge in [-0.1, -0.05) is 6.07 Å². The summed E-state index contributed by atoms with van der Waals surface area (Å²) >= 11 is 0. The van der Waals surface area contributed by atoms with Gasteiger partial charge < -0.3 is 10.2 Å².